The summed E-state index contributed by atoms with van der Waals surface area (Å²) in [6, 6.07) is 6.59. The van der Waals surface area contributed by atoms with Crippen LogP contribution < -0.4 is 21.7 Å². The van der Waals surface area contributed by atoms with E-state index in [1.54, 1.807) is 12.1 Å². The summed E-state index contributed by atoms with van der Waals surface area (Å²) in [5.74, 6) is -0.746. The van der Waals surface area contributed by atoms with Gasteiger partial charge in [0.25, 0.3) is 0 Å². The van der Waals surface area contributed by atoms with Crippen molar-refractivity contribution < 1.29 is 14.4 Å². The fourth-order valence-corrected chi connectivity index (χ4v) is 1.84. The summed E-state index contributed by atoms with van der Waals surface area (Å²) in [7, 11) is 0. The molecule has 0 saturated carbocycles. The third-order valence-corrected chi connectivity index (χ3v) is 3.68. The van der Waals surface area contributed by atoms with Crippen LogP contribution in [0.5, 0.6) is 0 Å². The van der Waals surface area contributed by atoms with Crippen LogP contribution in [0.15, 0.2) is 24.3 Å². The highest BCUT2D eigenvalue weighted by molar-refractivity contribution is 5.92. The van der Waals surface area contributed by atoms with Crippen LogP contribution in [0.25, 0.3) is 0 Å². The van der Waals surface area contributed by atoms with Gasteiger partial charge in [0, 0.05) is 18.2 Å². The van der Waals surface area contributed by atoms with E-state index in [1.807, 2.05) is 39.8 Å². The number of nitrogens with two attached hydrogens (primary N) is 1. The van der Waals surface area contributed by atoms with Gasteiger partial charge in [-0.1, -0.05) is 39.8 Å². The number of carbonyl (C=O) groups is 3. The lowest BCUT2D eigenvalue weighted by Gasteiger charge is -2.15. The van der Waals surface area contributed by atoms with Crippen LogP contribution in [-0.2, 0) is 20.9 Å². The van der Waals surface area contributed by atoms with Gasteiger partial charge < -0.3 is 21.7 Å². The topological polar surface area (TPSA) is 113 Å². The molecule has 0 radical (unpaired) electrons. The molecule has 7 nitrogen and oxygen atoms in total. The zero-order valence-corrected chi connectivity index (χ0v) is 15.3. The molecule has 1 aromatic rings. The number of nitrogens with one attached hydrogen (secondary N) is 3. The van der Waals surface area contributed by atoms with Crippen molar-refractivity contribution in [1.29, 1.82) is 0 Å². The van der Waals surface area contributed by atoms with Gasteiger partial charge >= 0.3 is 0 Å². The number of benzene rings is 1. The van der Waals surface area contributed by atoms with Crippen LogP contribution in [0.2, 0.25) is 0 Å². The summed E-state index contributed by atoms with van der Waals surface area (Å²) < 4.78 is 0. The third kappa shape index (κ3) is 7.34. The molecule has 0 fully saturated rings. The summed E-state index contributed by atoms with van der Waals surface area (Å²) in [5, 5.41) is 8.04. The fraction of sp³-hybridized carbons (Fsp3) is 0.500. The summed E-state index contributed by atoms with van der Waals surface area (Å²) in [4.78, 5) is 35.1. The highest BCUT2D eigenvalue weighted by atomic mass is 16.2. The van der Waals surface area contributed by atoms with Gasteiger partial charge in [-0.2, -0.15) is 0 Å². The lowest BCUT2D eigenvalue weighted by atomic mass is 10.1. The molecule has 0 unspecified atom stereocenters. The first kappa shape index (κ1) is 20.6. The monoisotopic (exact) mass is 348 g/mol. The molecule has 0 aliphatic heterocycles. The average Bonchev–Trinajstić information content (AvgIpc) is 2.57. The number of anilines is 1. The highest BCUT2D eigenvalue weighted by Gasteiger charge is 2.17. The van der Waals surface area contributed by atoms with Gasteiger partial charge in [0.15, 0.2) is 0 Å². The van der Waals surface area contributed by atoms with Crippen LogP contribution in [0.4, 0.5) is 5.69 Å². The maximum Gasteiger partial charge on any atom is 0.239 e. The first-order chi connectivity index (χ1) is 11.7. The van der Waals surface area contributed by atoms with E-state index in [0.29, 0.717) is 12.2 Å². The number of hydrogen-bond donors (Lipinski definition) is 4. The maximum atomic E-state index is 11.8. The summed E-state index contributed by atoms with van der Waals surface area (Å²) >= 11 is 0. The van der Waals surface area contributed by atoms with E-state index in [4.69, 9.17) is 5.73 Å². The van der Waals surface area contributed by atoms with E-state index in [9.17, 15) is 14.4 Å². The first-order valence-corrected chi connectivity index (χ1v) is 8.40. The Balaban J connectivity index is 2.39. The number of amides is 3. The Morgan fingerprint density at radius 2 is 1.56 bits per heavy atom. The molecule has 3 amide bonds. The summed E-state index contributed by atoms with van der Waals surface area (Å²) in [5.41, 5.74) is 7.31. The molecule has 0 aliphatic rings. The molecule has 0 bridgehead atoms. The van der Waals surface area contributed by atoms with Gasteiger partial charge in [-0.25, -0.2) is 0 Å². The van der Waals surface area contributed by atoms with Crippen LogP contribution in [0.1, 0.15) is 33.3 Å². The second kappa shape index (κ2) is 9.78. The normalized spacial score (nSPS) is 12.0. The second-order valence-corrected chi connectivity index (χ2v) is 6.61. The molecule has 0 heterocycles. The zero-order chi connectivity index (χ0) is 19.0. The predicted molar refractivity (Wildman–Crippen MR) is 97.6 cm³/mol. The molecule has 138 valence electrons. The molecule has 1 rings (SSSR count). The van der Waals surface area contributed by atoms with Crippen LogP contribution in [-0.4, -0.2) is 30.3 Å². The molecular formula is C18H28N4O3. The summed E-state index contributed by atoms with van der Waals surface area (Å²) in [6.07, 6.45) is 0. The minimum absolute atomic E-state index is 0.0118. The molecule has 5 N–H and O–H groups in total. The van der Waals surface area contributed by atoms with Gasteiger partial charge in [-0.3, -0.25) is 14.4 Å². The summed E-state index contributed by atoms with van der Waals surface area (Å²) in [6.45, 7) is 7.57. The minimum atomic E-state index is -0.624. The van der Waals surface area contributed by atoms with E-state index >= 15 is 0 Å². The molecule has 0 aromatic heterocycles. The van der Waals surface area contributed by atoms with E-state index in [-0.39, 0.29) is 36.1 Å². The Kier molecular flexibility index (Phi) is 8.07. The van der Waals surface area contributed by atoms with Gasteiger partial charge in [0.2, 0.25) is 17.7 Å². The van der Waals surface area contributed by atoms with Crippen LogP contribution >= 0.6 is 0 Å². The number of carbonyl (C=O) groups excluding carboxylic acids is 3. The average molecular weight is 348 g/mol. The van der Waals surface area contributed by atoms with Gasteiger partial charge in [0.1, 0.15) is 0 Å². The Bertz CT molecular complexity index is 597. The maximum absolute atomic E-state index is 11.8. The first-order valence-electron chi connectivity index (χ1n) is 8.40. The lowest BCUT2D eigenvalue weighted by molar-refractivity contribution is -0.127. The van der Waals surface area contributed by atoms with Crippen molar-refractivity contribution in [2.24, 2.45) is 17.6 Å². The van der Waals surface area contributed by atoms with Gasteiger partial charge in [-0.15, -0.1) is 0 Å². The van der Waals surface area contributed by atoms with Gasteiger partial charge in [0.05, 0.1) is 12.6 Å². The van der Waals surface area contributed by atoms with Crippen molar-refractivity contribution in [3.05, 3.63) is 29.8 Å². The largest absolute Gasteiger partial charge is 0.350 e. The highest BCUT2D eigenvalue weighted by Crippen LogP contribution is 2.10. The van der Waals surface area contributed by atoms with Gasteiger partial charge in [-0.05, 0) is 23.6 Å². The molecule has 1 aromatic carbocycles. The standard InChI is InChI=1S/C18H28N4O3/c1-11(2)16(19)18(25)21-10-15(23)20-9-13-5-7-14(8-6-13)22-17(24)12(3)4/h5-8,11-12,16H,9-10,19H2,1-4H3,(H,20,23)(H,21,25)(H,22,24)/t16-/m0/s1. The molecule has 1 atom stereocenters. The van der Waals surface area contributed by atoms with E-state index in [2.05, 4.69) is 16.0 Å². The van der Waals surface area contributed by atoms with E-state index in [0.717, 1.165) is 5.56 Å². The van der Waals surface area contributed by atoms with Crippen molar-refractivity contribution in [3.8, 4) is 0 Å². The third-order valence-electron chi connectivity index (χ3n) is 3.68. The molecule has 0 saturated heterocycles. The van der Waals surface area contributed by atoms with Crippen LogP contribution in [0.3, 0.4) is 0 Å². The Hall–Kier alpha value is -2.41. The SMILES string of the molecule is CC(C)C(=O)Nc1ccc(CNC(=O)CNC(=O)[C@@H](N)C(C)C)cc1. The molecule has 25 heavy (non-hydrogen) atoms. The Labute approximate surface area is 148 Å². The van der Waals surface area contributed by atoms with Crippen molar-refractivity contribution in [2.45, 2.75) is 40.3 Å². The number of hydrogen-bond acceptors (Lipinski definition) is 4. The molecule has 7 heteroatoms. The zero-order valence-electron chi connectivity index (χ0n) is 15.3. The molecule has 0 aliphatic carbocycles. The van der Waals surface area contributed by atoms with Crippen molar-refractivity contribution in [3.63, 3.8) is 0 Å². The lowest BCUT2D eigenvalue weighted by Crippen LogP contribution is -2.47. The molecule has 0 spiro atoms. The second-order valence-electron chi connectivity index (χ2n) is 6.61. The molecular weight excluding hydrogens is 320 g/mol. The Morgan fingerprint density at radius 1 is 0.960 bits per heavy atom. The minimum Gasteiger partial charge on any atom is -0.350 e. The van der Waals surface area contributed by atoms with E-state index in [1.165, 1.54) is 0 Å². The van der Waals surface area contributed by atoms with E-state index < -0.39 is 6.04 Å². The quantitative estimate of drug-likeness (QED) is 0.561. The van der Waals surface area contributed by atoms with Crippen LogP contribution in [0, 0.1) is 11.8 Å². The predicted octanol–water partition coefficient (Wildman–Crippen LogP) is 0.997. The van der Waals surface area contributed by atoms with Crippen molar-refractivity contribution in [2.75, 3.05) is 11.9 Å². The van der Waals surface area contributed by atoms with Crippen molar-refractivity contribution >= 4 is 23.4 Å². The fourth-order valence-electron chi connectivity index (χ4n) is 1.84. The Morgan fingerprint density at radius 3 is 2.08 bits per heavy atom. The van der Waals surface area contributed by atoms with Crippen molar-refractivity contribution in [1.82, 2.24) is 10.6 Å². The number of rotatable bonds is 8. The smallest absolute Gasteiger partial charge is 0.239 e.